The quantitative estimate of drug-likeness (QED) is 0.705. The topological polar surface area (TPSA) is 85.4 Å². The molecule has 3 N–H and O–H groups in total. The van der Waals surface area contributed by atoms with Gasteiger partial charge in [0.2, 0.25) is 0 Å². The van der Waals surface area contributed by atoms with Gasteiger partial charge < -0.3 is 15.8 Å². The summed E-state index contributed by atoms with van der Waals surface area (Å²) in [6.45, 7) is 3.90. The number of ether oxygens (including phenoxy) is 1. The number of aliphatic imine (C=N–C) groups is 1. The van der Waals surface area contributed by atoms with Gasteiger partial charge in [-0.3, -0.25) is 4.99 Å². The third-order valence-electron chi connectivity index (χ3n) is 6.24. The van der Waals surface area contributed by atoms with Crippen molar-refractivity contribution in [3.63, 3.8) is 0 Å². The predicted molar refractivity (Wildman–Crippen MR) is 120 cm³/mol. The van der Waals surface area contributed by atoms with E-state index in [2.05, 4.69) is 40.3 Å². The molecule has 2 heterocycles. The molecule has 3 fully saturated rings. The number of halogens is 1. The predicted octanol–water partition coefficient (Wildman–Crippen LogP) is 4.10. The highest BCUT2D eigenvalue weighted by molar-refractivity contribution is 9.10. The van der Waals surface area contributed by atoms with Crippen LogP contribution in [0, 0.1) is 6.92 Å². The first-order valence-electron chi connectivity index (χ1n) is 10.6. The Morgan fingerprint density at radius 1 is 1.21 bits per heavy atom. The van der Waals surface area contributed by atoms with E-state index in [1.165, 1.54) is 24.1 Å². The number of aryl methyl sites for hydroxylation is 1. The highest BCUT2D eigenvalue weighted by Gasteiger charge is 2.34. The minimum atomic E-state index is -0.313. The highest BCUT2D eigenvalue weighted by atomic mass is 79.9. The highest BCUT2D eigenvalue weighted by Crippen LogP contribution is 2.36. The fourth-order valence-corrected chi connectivity index (χ4v) is 4.67. The normalized spacial score (nSPS) is 23.7. The standard InChI is InChI=1S/C22H28BrN5O/c1-13-2-9-17-18(19(13)23)21(25-10-22(24)11-29-12-22)28-20(27-17)14-3-5-15(6-4-14)26-16-7-8-16/h2,9,14,16H,3-8,10-12,24H2,1H3,(H,25,27,28). The van der Waals surface area contributed by atoms with Crippen LogP contribution in [0.1, 0.15) is 55.8 Å². The lowest BCUT2D eigenvalue weighted by Gasteiger charge is -2.38. The summed E-state index contributed by atoms with van der Waals surface area (Å²) in [6, 6.07) is 4.83. The van der Waals surface area contributed by atoms with Gasteiger partial charge in [0.1, 0.15) is 11.6 Å². The van der Waals surface area contributed by atoms with Crippen molar-refractivity contribution in [2.24, 2.45) is 10.7 Å². The number of nitrogens with zero attached hydrogens (tertiary/aromatic N) is 3. The maximum absolute atomic E-state index is 6.35. The molecule has 2 aliphatic carbocycles. The third kappa shape index (κ3) is 4.05. The lowest BCUT2D eigenvalue weighted by Crippen LogP contribution is -2.61. The Hall–Kier alpha value is -1.57. The Kier molecular flexibility index (Phi) is 5.08. The molecule has 1 aromatic heterocycles. The van der Waals surface area contributed by atoms with Crippen LogP contribution in [0.25, 0.3) is 10.9 Å². The summed E-state index contributed by atoms with van der Waals surface area (Å²) in [5, 5.41) is 4.54. The van der Waals surface area contributed by atoms with Gasteiger partial charge >= 0.3 is 0 Å². The van der Waals surface area contributed by atoms with Crippen LogP contribution in [0.3, 0.4) is 0 Å². The van der Waals surface area contributed by atoms with Gasteiger partial charge in [0.15, 0.2) is 0 Å². The van der Waals surface area contributed by atoms with E-state index in [1.807, 2.05) is 0 Å². The average Bonchev–Trinajstić information content (AvgIpc) is 3.52. The van der Waals surface area contributed by atoms with E-state index in [1.54, 1.807) is 0 Å². The second-order valence-corrected chi connectivity index (χ2v) is 9.72. The third-order valence-corrected chi connectivity index (χ3v) is 7.26. The number of hydrogen-bond donors (Lipinski definition) is 2. The number of anilines is 1. The minimum Gasteiger partial charge on any atom is -0.377 e. The maximum atomic E-state index is 6.35. The van der Waals surface area contributed by atoms with Crippen LogP contribution >= 0.6 is 15.9 Å². The molecule has 0 unspecified atom stereocenters. The number of hydrogen-bond acceptors (Lipinski definition) is 6. The van der Waals surface area contributed by atoms with Crippen molar-refractivity contribution >= 4 is 38.4 Å². The smallest absolute Gasteiger partial charge is 0.138 e. The van der Waals surface area contributed by atoms with Crippen LogP contribution in [0.15, 0.2) is 21.6 Å². The molecule has 3 aliphatic rings. The first kappa shape index (κ1) is 19.4. The molecule has 29 heavy (non-hydrogen) atoms. The Labute approximate surface area is 179 Å². The van der Waals surface area contributed by atoms with Gasteiger partial charge in [-0.05, 0) is 73.0 Å². The van der Waals surface area contributed by atoms with E-state index in [0.717, 1.165) is 52.7 Å². The first-order valence-corrected chi connectivity index (χ1v) is 11.4. The van der Waals surface area contributed by atoms with Gasteiger partial charge in [0.05, 0.1) is 35.7 Å². The van der Waals surface area contributed by atoms with Crippen LogP contribution in [0.4, 0.5) is 5.82 Å². The zero-order valence-electron chi connectivity index (χ0n) is 16.9. The van der Waals surface area contributed by atoms with E-state index in [9.17, 15) is 0 Å². The van der Waals surface area contributed by atoms with E-state index >= 15 is 0 Å². The molecule has 5 rings (SSSR count). The van der Waals surface area contributed by atoms with Gasteiger partial charge in [-0.1, -0.05) is 6.07 Å². The molecule has 0 bridgehead atoms. The SMILES string of the molecule is Cc1ccc2nc(C3CCC(=NC4CC4)CC3)nc(NCC3(N)COC3)c2c1Br. The molecule has 0 radical (unpaired) electrons. The molecule has 7 heteroatoms. The molecule has 1 aliphatic heterocycles. The largest absolute Gasteiger partial charge is 0.377 e. The van der Waals surface area contributed by atoms with Crippen LogP contribution < -0.4 is 11.1 Å². The van der Waals surface area contributed by atoms with E-state index < -0.39 is 0 Å². The molecule has 1 aromatic carbocycles. The van der Waals surface area contributed by atoms with Crippen LogP contribution in [0.2, 0.25) is 0 Å². The number of rotatable bonds is 5. The fourth-order valence-electron chi connectivity index (χ4n) is 4.14. The van der Waals surface area contributed by atoms with Crippen molar-refractivity contribution in [2.45, 2.75) is 62.9 Å². The summed E-state index contributed by atoms with van der Waals surface area (Å²) in [5.74, 6) is 2.20. The van der Waals surface area contributed by atoms with Crippen molar-refractivity contribution in [3.05, 3.63) is 28.0 Å². The Balaban J connectivity index is 1.43. The summed E-state index contributed by atoms with van der Waals surface area (Å²) in [5.41, 5.74) is 9.58. The Morgan fingerprint density at radius 3 is 2.62 bits per heavy atom. The molecule has 1 saturated heterocycles. The number of benzene rings is 1. The number of fused-ring (bicyclic) bond motifs is 1. The second kappa shape index (κ2) is 7.60. The van der Waals surface area contributed by atoms with Gasteiger partial charge in [-0.2, -0.15) is 0 Å². The van der Waals surface area contributed by atoms with Crippen LogP contribution in [0.5, 0.6) is 0 Å². The first-order chi connectivity index (χ1) is 14.0. The molecule has 6 nitrogen and oxygen atoms in total. The van der Waals surface area contributed by atoms with Crippen molar-refractivity contribution in [1.29, 1.82) is 0 Å². The van der Waals surface area contributed by atoms with Crippen molar-refractivity contribution < 1.29 is 4.74 Å². The molecular formula is C22H28BrN5O. The van der Waals surface area contributed by atoms with E-state index in [4.69, 9.17) is 25.4 Å². The maximum Gasteiger partial charge on any atom is 0.138 e. The Bertz CT molecular complexity index is 957. The summed E-state index contributed by atoms with van der Waals surface area (Å²) in [7, 11) is 0. The fraction of sp³-hybridized carbons (Fsp3) is 0.591. The Morgan fingerprint density at radius 2 is 1.97 bits per heavy atom. The zero-order valence-corrected chi connectivity index (χ0v) is 18.5. The molecular weight excluding hydrogens is 430 g/mol. The van der Waals surface area contributed by atoms with Crippen molar-refractivity contribution in [2.75, 3.05) is 25.1 Å². The molecule has 2 aromatic rings. The lowest BCUT2D eigenvalue weighted by molar-refractivity contribution is -0.0461. The number of nitrogens with two attached hydrogens (primary N) is 1. The summed E-state index contributed by atoms with van der Waals surface area (Å²) in [6.07, 6.45) is 6.87. The zero-order chi connectivity index (χ0) is 20.0. The van der Waals surface area contributed by atoms with Gasteiger partial charge in [-0.25, -0.2) is 9.97 Å². The molecule has 0 spiro atoms. The van der Waals surface area contributed by atoms with E-state index in [0.29, 0.717) is 31.7 Å². The van der Waals surface area contributed by atoms with Crippen LogP contribution in [-0.4, -0.2) is 47.0 Å². The van der Waals surface area contributed by atoms with Gasteiger partial charge in [-0.15, -0.1) is 0 Å². The number of nitrogens with one attached hydrogen (secondary N) is 1. The molecule has 0 amide bonds. The van der Waals surface area contributed by atoms with Crippen molar-refractivity contribution in [3.8, 4) is 0 Å². The molecule has 0 atom stereocenters. The average molecular weight is 458 g/mol. The van der Waals surface area contributed by atoms with E-state index in [-0.39, 0.29) is 5.54 Å². The molecule has 2 saturated carbocycles. The van der Waals surface area contributed by atoms with Gasteiger partial charge in [0, 0.05) is 22.6 Å². The summed E-state index contributed by atoms with van der Waals surface area (Å²) >= 11 is 3.75. The minimum absolute atomic E-state index is 0.313. The lowest BCUT2D eigenvalue weighted by atomic mass is 9.87. The van der Waals surface area contributed by atoms with Crippen molar-refractivity contribution in [1.82, 2.24) is 9.97 Å². The number of aromatic nitrogens is 2. The van der Waals surface area contributed by atoms with Crippen LogP contribution in [-0.2, 0) is 4.74 Å². The summed E-state index contributed by atoms with van der Waals surface area (Å²) < 4.78 is 6.34. The molecule has 154 valence electrons. The van der Waals surface area contributed by atoms with Gasteiger partial charge in [0.25, 0.3) is 0 Å². The summed E-state index contributed by atoms with van der Waals surface area (Å²) in [4.78, 5) is 14.8. The monoisotopic (exact) mass is 457 g/mol. The second-order valence-electron chi connectivity index (χ2n) is 8.93.